The quantitative estimate of drug-likeness (QED) is 0.0709. The predicted molar refractivity (Wildman–Crippen MR) is 185 cm³/mol. The molecule has 10 heteroatoms. The van der Waals surface area contributed by atoms with E-state index in [0.717, 1.165) is 30.4 Å². The van der Waals surface area contributed by atoms with E-state index in [0.29, 0.717) is 43.2 Å². The third-order valence-corrected chi connectivity index (χ3v) is 10.2. The Hall–Kier alpha value is -3.80. The maximum absolute atomic E-state index is 13.9. The molecule has 2 aliphatic rings. The Kier molecular flexibility index (Phi) is 11.1. The second kappa shape index (κ2) is 15.2. The van der Waals surface area contributed by atoms with Crippen LogP contribution in [0.15, 0.2) is 79.4 Å². The van der Waals surface area contributed by atoms with Gasteiger partial charge >= 0.3 is 5.97 Å². The first-order valence-corrected chi connectivity index (χ1v) is 17.2. The second-order valence-corrected chi connectivity index (χ2v) is 13.5. The summed E-state index contributed by atoms with van der Waals surface area (Å²) in [5.74, 6) is -1.24. The van der Waals surface area contributed by atoms with Gasteiger partial charge in [-0.15, -0.1) is 6.58 Å². The lowest BCUT2D eigenvalue weighted by Gasteiger charge is -2.26. The zero-order chi connectivity index (χ0) is 32.7. The van der Waals surface area contributed by atoms with E-state index in [1.165, 1.54) is 0 Å². The summed E-state index contributed by atoms with van der Waals surface area (Å²) in [6.07, 6.45) is 5.23. The molecule has 0 bridgehead atoms. The van der Waals surface area contributed by atoms with E-state index in [1.807, 2.05) is 66.7 Å². The van der Waals surface area contributed by atoms with E-state index in [2.05, 4.69) is 34.5 Å². The lowest BCUT2D eigenvalue weighted by atomic mass is 9.93. The van der Waals surface area contributed by atoms with Gasteiger partial charge in [0, 0.05) is 34.7 Å². The molecule has 2 aliphatic carbocycles. The van der Waals surface area contributed by atoms with Crippen molar-refractivity contribution < 1.29 is 23.9 Å². The number of ether oxygens (including phenoxy) is 2. The molecule has 0 spiro atoms. The Morgan fingerprint density at radius 3 is 2.30 bits per heavy atom. The zero-order valence-corrected chi connectivity index (χ0v) is 28.5. The number of carbonyl (C=O) groups excluding carboxylic acids is 3. The van der Waals surface area contributed by atoms with E-state index in [1.54, 1.807) is 24.9 Å². The van der Waals surface area contributed by atoms with Gasteiger partial charge in [0.2, 0.25) is 17.7 Å². The van der Waals surface area contributed by atoms with Crippen molar-refractivity contribution in [1.29, 1.82) is 0 Å². The minimum absolute atomic E-state index is 0.0722. The normalized spacial score (nSPS) is 23.3. The highest BCUT2D eigenvalue weighted by molar-refractivity contribution is 14.1. The van der Waals surface area contributed by atoms with Gasteiger partial charge in [-0.05, 0) is 45.4 Å². The van der Waals surface area contributed by atoms with Crippen molar-refractivity contribution in [3.8, 4) is 28.5 Å². The fraction of sp³-hybridized carbons (Fsp3) is 0.417. The van der Waals surface area contributed by atoms with E-state index < -0.39 is 29.4 Å². The van der Waals surface area contributed by atoms with Crippen molar-refractivity contribution in [2.75, 3.05) is 20.2 Å². The van der Waals surface area contributed by atoms with Crippen molar-refractivity contribution in [2.24, 2.45) is 11.8 Å². The summed E-state index contributed by atoms with van der Waals surface area (Å²) in [5.41, 5.74) is 1.42. The van der Waals surface area contributed by atoms with Crippen molar-refractivity contribution in [3.05, 3.63) is 79.4 Å². The summed E-state index contributed by atoms with van der Waals surface area (Å²) >= 11 is 2.17. The van der Waals surface area contributed by atoms with Crippen LogP contribution < -0.4 is 10.1 Å². The molecule has 3 aromatic rings. The number of halogens is 1. The third-order valence-electron chi connectivity index (χ3n) is 8.65. The van der Waals surface area contributed by atoms with Crippen LogP contribution in [-0.2, 0) is 19.1 Å². The molecule has 5 atom stereocenters. The molecule has 242 valence electrons. The number of esters is 1. The highest BCUT2D eigenvalue weighted by atomic mass is 127. The number of alkyl halides is 1. The molecule has 2 fully saturated rings. The van der Waals surface area contributed by atoms with Crippen LogP contribution in [0.4, 0.5) is 0 Å². The van der Waals surface area contributed by atoms with E-state index in [-0.39, 0.29) is 22.3 Å². The number of benzene rings is 2. The Labute approximate surface area is 284 Å². The number of nitrogens with one attached hydrogen (secondary N) is 1. The van der Waals surface area contributed by atoms with Crippen LogP contribution >= 0.6 is 22.6 Å². The Bertz CT molecular complexity index is 1480. The average Bonchev–Trinajstić information content (AvgIpc) is 3.53. The zero-order valence-electron chi connectivity index (χ0n) is 26.4. The molecule has 9 nitrogen and oxygen atoms in total. The molecule has 0 radical (unpaired) electrons. The molecule has 46 heavy (non-hydrogen) atoms. The van der Waals surface area contributed by atoms with Gasteiger partial charge in [-0.3, -0.25) is 9.59 Å². The minimum Gasteiger partial charge on any atom is -0.474 e. The van der Waals surface area contributed by atoms with Gasteiger partial charge in [-0.2, -0.15) is 4.98 Å². The van der Waals surface area contributed by atoms with Crippen molar-refractivity contribution in [3.63, 3.8) is 0 Å². The van der Waals surface area contributed by atoms with Crippen LogP contribution in [0.3, 0.4) is 0 Å². The fourth-order valence-corrected chi connectivity index (χ4v) is 7.10. The average molecular weight is 737 g/mol. The number of unbranched alkanes of at least 4 members (excludes halogenated alkanes) is 2. The summed E-state index contributed by atoms with van der Waals surface area (Å²) in [6.45, 7) is 6.33. The molecule has 1 N–H and O–H groups in total. The van der Waals surface area contributed by atoms with Crippen LogP contribution in [0.25, 0.3) is 22.6 Å². The Morgan fingerprint density at radius 1 is 1.02 bits per heavy atom. The maximum atomic E-state index is 13.9. The van der Waals surface area contributed by atoms with Crippen LogP contribution in [0.5, 0.6) is 5.88 Å². The fourth-order valence-electron chi connectivity index (χ4n) is 6.00. The second-order valence-electron chi connectivity index (χ2n) is 12.0. The number of aromatic nitrogens is 2. The number of hydrogen-bond donors (Lipinski definition) is 1. The van der Waals surface area contributed by atoms with E-state index in [4.69, 9.17) is 19.4 Å². The van der Waals surface area contributed by atoms with Crippen LogP contribution in [0.2, 0.25) is 0 Å². The molecule has 1 aromatic heterocycles. The van der Waals surface area contributed by atoms with E-state index in [9.17, 15) is 14.4 Å². The Balaban J connectivity index is 1.40. The molecule has 5 rings (SSSR count). The summed E-state index contributed by atoms with van der Waals surface area (Å²) in [6, 6.07) is 21.3. The van der Waals surface area contributed by atoms with Gasteiger partial charge in [0.15, 0.2) is 11.4 Å². The first-order chi connectivity index (χ1) is 22.3. The topological polar surface area (TPSA) is 111 Å². The van der Waals surface area contributed by atoms with Crippen LogP contribution in [0.1, 0.15) is 45.4 Å². The molecule has 0 saturated heterocycles. The van der Waals surface area contributed by atoms with Gasteiger partial charge in [0.1, 0.15) is 6.10 Å². The van der Waals surface area contributed by atoms with Gasteiger partial charge in [0.25, 0.3) is 0 Å². The molecule has 1 heterocycles. The molecule has 2 aromatic carbocycles. The third kappa shape index (κ3) is 7.76. The summed E-state index contributed by atoms with van der Waals surface area (Å²) in [5, 5.41) is 2.99. The lowest BCUT2D eigenvalue weighted by molar-refractivity contribution is -0.149. The molecule has 0 aliphatic heterocycles. The number of carbonyl (C=O) groups is 3. The number of hydrogen-bond acceptors (Lipinski definition) is 7. The Morgan fingerprint density at radius 2 is 1.67 bits per heavy atom. The molecular weight excluding hydrogens is 695 g/mol. The van der Waals surface area contributed by atoms with E-state index >= 15 is 0 Å². The number of allylic oxidation sites excluding steroid dienone is 1. The first-order valence-electron chi connectivity index (χ1n) is 15.9. The molecular formula is C36H41IN4O5. The highest BCUT2D eigenvalue weighted by Crippen LogP contribution is 2.45. The van der Waals surface area contributed by atoms with Crippen molar-refractivity contribution in [2.45, 2.75) is 61.0 Å². The maximum Gasteiger partial charge on any atom is 0.332 e. The van der Waals surface area contributed by atoms with Crippen LogP contribution in [0, 0.1) is 11.8 Å². The largest absolute Gasteiger partial charge is 0.474 e. The monoisotopic (exact) mass is 736 g/mol. The number of rotatable bonds is 14. The minimum atomic E-state index is -1.06. The van der Waals surface area contributed by atoms with Gasteiger partial charge in [-0.25, -0.2) is 9.78 Å². The summed E-state index contributed by atoms with van der Waals surface area (Å²) in [7, 11) is 1.78. The first kappa shape index (κ1) is 33.6. The van der Waals surface area contributed by atoms with Gasteiger partial charge in [0.05, 0.1) is 24.1 Å². The van der Waals surface area contributed by atoms with Crippen LogP contribution in [-0.4, -0.2) is 68.4 Å². The summed E-state index contributed by atoms with van der Waals surface area (Å²) < 4.78 is 11.7. The summed E-state index contributed by atoms with van der Waals surface area (Å²) in [4.78, 5) is 51.8. The predicted octanol–water partition coefficient (Wildman–Crippen LogP) is 6.02. The molecule has 2 saturated carbocycles. The van der Waals surface area contributed by atoms with Crippen molar-refractivity contribution in [1.82, 2.24) is 20.2 Å². The standard InChI is InChI=1S/C36H41IN4O5/c1-4-6-7-14-19-41(3)34(43)28-21-26(20-27(28)33(42)40-36(23-30(36)37)35(44)45-5-2)46-31-22-29(24-15-10-8-11-16-24)38-32(39-31)25-17-12-9-13-18-25/h4,8-13,15-18,22,26-28,30H,1,5-7,14,19-21,23H2,2-3H3,(H,40,42)/t26-,27-,28-,30-,36-/m1/s1. The lowest BCUT2D eigenvalue weighted by Crippen LogP contribution is -2.50. The van der Waals surface area contributed by atoms with Gasteiger partial charge in [-0.1, -0.05) is 89.3 Å². The number of amides is 2. The number of nitrogens with zero attached hydrogens (tertiary/aromatic N) is 3. The van der Waals surface area contributed by atoms with Gasteiger partial charge < -0.3 is 19.7 Å². The molecule has 2 amide bonds. The SMILES string of the molecule is C=CCCCCN(C)C(=O)[C@@H]1C[C@H](Oc2cc(-c3ccccc3)nc(-c3ccccc3)n2)C[C@H]1C(=O)N[C@]1(C(=O)OCC)C[C@H]1I. The van der Waals surface area contributed by atoms with Crippen molar-refractivity contribution >= 4 is 40.4 Å². The smallest absolute Gasteiger partial charge is 0.332 e. The molecule has 0 unspecified atom stereocenters. The highest BCUT2D eigenvalue weighted by Gasteiger charge is 2.62.